The molecular formula is C18H20N3O2+. The summed E-state index contributed by atoms with van der Waals surface area (Å²) in [5.74, 6) is 0.755. The van der Waals surface area contributed by atoms with Gasteiger partial charge in [0.2, 0.25) is 0 Å². The van der Waals surface area contributed by atoms with E-state index in [0.717, 1.165) is 18.8 Å². The largest absolute Gasteiger partial charge is 0.463 e. The first-order valence-electron chi connectivity index (χ1n) is 7.94. The van der Waals surface area contributed by atoms with E-state index in [-0.39, 0.29) is 11.9 Å². The summed E-state index contributed by atoms with van der Waals surface area (Å²) < 4.78 is 5.57. The van der Waals surface area contributed by atoms with Crippen LogP contribution in [0.5, 0.6) is 0 Å². The summed E-state index contributed by atoms with van der Waals surface area (Å²) in [6.45, 7) is 2.73. The summed E-state index contributed by atoms with van der Waals surface area (Å²) in [5, 5.41) is 11.9. The topological polar surface area (TPSA) is 70.5 Å². The highest BCUT2D eigenvalue weighted by molar-refractivity contribution is 5.94. The number of furan rings is 1. The maximum Gasteiger partial charge on any atom is 0.251 e. The van der Waals surface area contributed by atoms with Gasteiger partial charge in [0.05, 0.1) is 37.5 Å². The number of likely N-dealkylation sites (tertiary alicyclic amines) is 1. The summed E-state index contributed by atoms with van der Waals surface area (Å²) in [4.78, 5) is 13.8. The van der Waals surface area contributed by atoms with Gasteiger partial charge in [-0.05, 0) is 30.3 Å². The van der Waals surface area contributed by atoms with Gasteiger partial charge in [-0.1, -0.05) is 6.07 Å². The first kappa shape index (κ1) is 15.3. The number of nitrogens with one attached hydrogen (secondary N) is 2. The van der Waals surface area contributed by atoms with Crippen molar-refractivity contribution in [1.29, 1.82) is 5.26 Å². The number of rotatable bonds is 5. The van der Waals surface area contributed by atoms with E-state index in [4.69, 9.17) is 9.68 Å². The van der Waals surface area contributed by atoms with Crippen LogP contribution in [-0.4, -0.2) is 25.5 Å². The van der Waals surface area contributed by atoms with E-state index in [1.54, 1.807) is 30.5 Å². The van der Waals surface area contributed by atoms with E-state index >= 15 is 0 Å². The predicted octanol–water partition coefficient (Wildman–Crippen LogP) is 1.30. The van der Waals surface area contributed by atoms with E-state index in [1.807, 2.05) is 12.1 Å². The first-order valence-corrected chi connectivity index (χ1v) is 7.94. The van der Waals surface area contributed by atoms with E-state index in [9.17, 15) is 4.79 Å². The third-order valence-corrected chi connectivity index (χ3v) is 4.35. The molecule has 1 aliphatic rings. The number of nitriles is 1. The van der Waals surface area contributed by atoms with Gasteiger partial charge in [0.1, 0.15) is 0 Å². The second-order valence-corrected chi connectivity index (χ2v) is 5.84. The molecule has 1 amide bonds. The molecule has 3 rings (SSSR count). The number of carbonyl (C=O) groups excluding carboxylic acids is 1. The molecule has 1 atom stereocenters. The lowest BCUT2D eigenvalue weighted by molar-refractivity contribution is -0.919. The molecular weight excluding hydrogens is 290 g/mol. The van der Waals surface area contributed by atoms with Gasteiger partial charge in [0.15, 0.2) is 11.8 Å². The molecule has 0 bridgehead atoms. The molecule has 0 unspecified atom stereocenters. The molecule has 2 aromatic rings. The molecule has 1 aromatic carbocycles. The van der Waals surface area contributed by atoms with Crippen LogP contribution in [0.1, 0.15) is 40.6 Å². The number of benzene rings is 1. The predicted molar refractivity (Wildman–Crippen MR) is 84.9 cm³/mol. The average Bonchev–Trinajstić information content (AvgIpc) is 3.29. The zero-order valence-corrected chi connectivity index (χ0v) is 12.9. The molecule has 23 heavy (non-hydrogen) atoms. The Bertz CT molecular complexity index is 697. The fourth-order valence-corrected chi connectivity index (χ4v) is 3.14. The number of hydrogen-bond donors (Lipinski definition) is 2. The molecule has 5 nitrogen and oxygen atoms in total. The third-order valence-electron chi connectivity index (χ3n) is 4.35. The Morgan fingerprint density at radius 2 is 2.13 bits per heavy atom. The fraction of sp³-hybridized carbons (Fsp3) is 0.333. The molecule has 0 aliphatic carbocycles. The second kappa shape index (κ2) is 7.12. The smallest absolute Gasteiger partial charge is 0.251 e. The summed E-state index contributed by atoms with van der Waals surface area (Å²) in [5.41, 5.74) is 1.00. The van der Waals surface area contributed by atoms with Gasteiger partial charge in [-0.25, -0.2) is 0 Å². The standard InChI is InChI=1S/C18H19N3O2/c19-12-14-5-3-6-15(11-14)18(22)20-13-16(17-7-4-10-23-17)21-8-1-2-9-21/h3-7,10-11,16H,1-2,8-9,13H2,(H,20,22)/p+1/t16-/m0/s1. The van der Waals surface area contributed by atoms with Gasteiger partial charge < -0.3 is 14.6 Å². The Kier molecular flexibility index (Phi) is 4.74. The SMILES string of the molecule is N#Cc1cccc(C(=O)NC[C@@H](c2ccco2)[NH+]2CCCC2)c1. The highest BCUT2D eigenvalue weighted by Gasteiger charge is 2.29. The van der Waals surface area contributed by atoms with Crippen molar-refractivity contribution in [2.45, 2.75) is 18.9 Å². The van der Waals surface area contributed by atoms with Crippen LogP contribution in [0.3, 0.4) is 0 Å². The molecule has 0 radical (unpaired) electrons. The van der Waals surface area contributed by atoms with Crippen molar-refractivity contribution in [2.24, 2.45) is 0 Å². The highest BCUT2D eigenvalue weighted by atomic mass is 16.3. The molecule has 5 heteroatoms. The number of carbonyl (C=O) groups is 1. The summed E-state index contributed by atoms with van der Waals surface area (Å²) in [6, 6.07) is 12.8. The maximum absolute atomic E-state index is 12.3. The molecule has 1 saturated heterocycles. The van der Waals surface area contributed by atoms with E-state index in [0.29, 0.717) is 17.7 Å². The fourth-order valence-electron chi connectivity index (χ4n) is 3.14. The van der Waals surface area contributed by atoms with Crippen LogP contribution in [0.2, 0.25) is 0 Å². The first-order chi connectivity index (χ1) is 11.3. The Morgan fingerprint density at radius 3 is 2.83 bits per heavy atom. The number of hydrogen-bond acceptors (Lipinski definition) is 3. The third kappa shape index (κ3) is 3.61. The molecule has 0 saturated carbocycles. The van der Waals surface area contributed by atoms with E-state index in [2.05, 4.69) is 11.4 Å². The Morgan fingerprint density at radius 1 is 1.30 bits per heavy atom. The molecule has 1 aliphatic heterocycles. The van der Waals surface area contributed by atoms with Crippen molar-refractivity contribution in [1.82, 2.24) is 5.32 Å². The zero-order chi connectivity index (χ0) is 16.1. The minimum Gasteiger partial charge on any atom is -0.463 e. The van der Waals surface area contributed by atoms with Gasteiger partial charge in [-0.3, -0.25) is 4.79 Å². The quantitative estimate of drug-likeness (QED) is 0.874. The number of quaternary nitrogens is 1. The van der Waals surface area contributed by atoms with Crippen LogP contribution < -0.4 is 10.2 Å². The van der Waals surface area contributed by atoms with Crippen molar-refractivity contribution < 1.29 is 14.1 Å². The Hall–Kier alpha value is -2.58. The lowest BCUT2D eigenvalue weighted by Crippen LogP contribution is -3.11. The van der Waals surface area contributed by atoms with E-state index in [1.165, 1.54) is 17.7 Å². The lowest BCUT2D eigenvalue weighted by atomic mass is 10.1. The summed E-state index contributed by atoms with van der Waals surface area (Å²) >= 11 is 0. The van der Waals surface area contributed by atoms with Gasteiger partial charge in [-0.2, -0.15) is 5.26 Å². The number of nitrogens with zero attached hydrogens (tertiary/aromatic N) is 1. The van der Waals surface area contributed by atoms with Crippen molar-refractivity contribution in [3.05, 3.63) is 59.5 Å². The van der Waals surface area contributed by atoms with Crippen LogP contribution >= 0.6 is 0 Å². The highest BCUT2D eigenvalue weighted by Crippen LogP contribution is 2.12. The van der Waals surface area contributed by atoms with Gasteiger partial charge in [0.25, 0.3) is 5.91 Å². The van der Waals surface area contributed by atoms with E-state index < -0.39 is 0 Å². The molecule has 1 aromatic heterocycles. The summed E-state index contributed by atoms with van der Waals surface area (Å²) in [7, 11) is 0. The number of amides is 1. The van der Waals surface area contributed by atoms with Crippen LogP contribution in [-0.2, 0) is 0 Å². The van der Waals surface area contributed by atoms with Crippen LogP contribution in [0.4, 0.5) is 0 Å². The minimum atomic E-state index is -0.155. The minimum absolute atomic E-state index is 0.135. The van der Waals surface area contributed by atoms with Crippen molar-refractivity contribution in [3.8, 4) is 6.07 Å². The lowest BCUT2D eigenvalue weighted by Gasteiger charge is -2.23. The molecule has 2 heterocycles. The van der Waals surface area contributed by atoms with Crippen molar-refractivity contribution >= 4 is 5.91 Å². The van der Waals surface area contributed by atoms with Crippen LogP contribution in [0, 0.1) is 11.3 Å². The second-order valence-electron chi connectivity index (χ2n) is 5.84. The monoisotopic (exact) mass is 310 g/mol. The van der Waals surface area contributed by atoms with Gasteiger partial charge in [0, 0.05) is 18.4 Å². The Labute approximate surface area is 135 Å². The zero-order valence-electron chi connectivity index (χ0n) is 12.9. The Balaban J connectivity index is 1.68. The van der Waals surface area contributed by atoms with Crippen molar-refractivity contribution in [2.75, 3.05) is 19.6 Å². The summed E-state index contributed by atoms with van der Waals surface area (Å²) in [6.07, 6.45) is 4.10. The molecule has 1 fully saturated rings. The van der Waals surface area contributed by atoms with Gasteiger partial charge >= 0.3 is 0 Å². The molecule has 2 N–H and O–H groups in total. The maximum atomic E-state index is 12.3. The average molecular weight is 310 g/mol. The normalized spacial score (nSPS) is 16.0. The van der Waals surface area contributed by atoms with Crippen LogP contribution in [0.15, 0.2) is 47.1 Å². The molecule has 0 spiro atoms. The van der Waals surface area contributed by atoms with Crippen LogP contribution in [0.25, 0.3) is 0 Å². The van der Waals surface area contributed by atoms with Crippen molar-refractivity contribution in [3.63, 3.8) is 0 Å². The van der Waals surface area contributed by atoms with Gasteiger partial charge in [-0.15, -0.1) is 0 Å². The molecule has 118 valence electrons.